The Kier molecular flexibility index (Phi) is 5.01. The average molecular weight is 398 g/mol. The van der Waals surface area contributed by atoms with Crippen molar-refractivity contribution in [2.45, 2.75) is 0 Å². The highest BCUT2D eigenvalue weighted by Gasteiger charge is 2.22. The molecule has 1 amide bonds. The second kappa shape index (κ2) is 7.61. The fraction of sp³-hybridized carbons (Fsp3) is 0.316. The van der Waals surface area contributed by atoms with Gasteiger partial charge in [-0.05, 0) is 12.1 Å². The van der Waals surface area contributed by atoms with Crippen LogP contribution in [-0.4, -0.2) is 56.3 Å². The van der Waals surface area contributed by atoms with Gasteiger partial charge in [-0.15, -0.1) is 11.3 Å². The number of amides is 1. The number of nitrogens with two attached hydrogens (primary N) is 1. The maximum atomic E-state index is 12.2. The lowest BCUT2D eigenvalue weighted by Gasteiger charge is -2.29. The molecule has 9 heteroatoms. The summed E-state index contributed by atoms with van der Waals surface area (Å²) in [5.74, 6) is 0.267. The van der Waals surface area contributed by atoms with Gasteiger partial charge in [0.25, 0.3) is 5.91 Å². The number of carbonyl (C=O) groups excluding carboxylic acids is 1. The minimum Gasteiger partial charge on any atom is -0.397 e. The summed E-state index contributed by atoms with van der Waals surface area (Å²) < 4.78 is 5.45. The fourth-order valence-electron chi connectivity index (χ4n) is 3.30. The first-order valence-corrected chi connectivity index (χ1v) is 9.87. The van der Waals surface area contributed by atoms with E-state index >= 15 is 0 Å². The van der Waals surface area contributed by atoms with Gasteiger partial charge >= 0.3 is 0 Å². The van der Waals surface area contributed by atoms with Crippen LogP contribution >= 0.6 is 11.3 Å². The molecule has 0 saturated carbocycles. The standard InChI is InChI=1S/C19H22N6O2S/c1-21-17(26)16-14(20)13-15(23-19(22-2)24-18(13)28-16)11-4-3-5-12(10-11)25-6-8-27-9-7-25/h3-5,10H,6-9,20H2,1-2H3,(H,21,26)(H,22,23,24). The van der Waals surface area contributed by atoms with Crippen molar-refractivity contribution in [3.63, 3.8) is 0 Å². The van der Waals surface area contributed by atoms with E-state index in [1.165, 1.54) is 11.3 Å². The third-order valence-electron chi connectivity index (χ3n) is 4.74. The SMILES string of the molecule is CNC(=O)c1sc2nc(NC)nc(-c3cccc(N4CCOCC4)c3)c2c1N. The zero-order valence-corrected chi connectivity index (χ0v) is 16.6. The molecular weight excluding hydrogens is 376 g/mol. The van der Waals surface area contributed by atoms with E-state index in [4.69, 9.17) is 10.5 Å². The number of ether oxygens (including phenoxy) is 1. The molecule has 1 aliphatic rings. The summed E-state index contributed by atoms with van der Waals surface area (Å²) in [6.07, 6.45) is 0. The van der Waals surface area contributed by atoms with Gasteiger partial charge in [0.2, 0.25) is 5.95 Å². The lowest BCUT2D eigenvalue weighted by atomic mass is 10.1. The van der Waals surface area contributed by atoms with Gasteiger partial charge < -0.3 is 26.0 Å². The number of hydrogen-bond acceptors (Lipinski definition) is 8. The second-order valence-electron chi connectivity index (χ2n) is 6.40. The second-order valence-corrected chi connectivity index (χ2v) is 7.40. The molecule has 28 heavy (non-hydrogen) atoms. The number of fused-ring (bicyclic) bond motifs is 1. The van der Waals surface area contributed by atoms with E-state index in [1.54, 1.807) is 14.1 Å². The molecule has 146 valence electrons. The minimum absolute atomic E-state index is 0.223. The summed E-state index contributed by atoms with van der Waals surface area (Å²) in [4.78, 5) is 24.8. The normalized spacial score (nSPS) is 14.3. The first kappa shape index (κ1) is 18.5. The molecule has 1 aromatic carbocycles. The lowest BCUT2D eigenvalue weighted by molar-refractivity contribution is 0.0968. The van der Waals surface area contributed by atoms with E-state index in [0.29, 0.717) is 32.4 Å². The Labute approximate surface area is 166 Å². The Morgan fingerprint density at radius 1 is 1.25 bits per heavy atom. The van der Waals surface area contributed by atoms with Crippen LogP contribution in [0.5, 0.6) is 0 Å². The number of morpholine rings is 1. The van der Waals surface area contributed by atoms with Crippen molar-refractivity contribution in [3.05, 3.63) is 29.1 Å². The Bertz CT molecular complexity index is 1030. The molecule has 0 bridgehead atoms. The average Bonchev–Trinajstić information content (AvgIpc) is 3.09. The molecule has 1 saturated heterocycles. The molecule has 2 aromatic heterocycles. The van der Waals surface area contributed by atoms with Crippen molar-refractivity contribution in [2.24, 2.45) is 0 Å². The molecule has 8 nitrogen and oxygen atoms in total. The molecule has 4 N–H and O–H groups in total. The van der Waals surface area contributed by atoms with Crippen molar-refractivity contribution >= 4 is 44.8 Å². The predicted octanol–water partition coefficient (Wildman–Crippen LogP) is 2.18. The predicted molar refractivity (Wildman–Crippen MR) is 113 cm³/mol. The van der Waals surface area contributed by atoms with Crippen LogP contribution in [0, 0.1) is 0 Å². The Balaban J connectivity index is 1.88. The lowest BCUT2D eigenvalue weighted by Crippen LogP contribution is -2.36. The van der Waals surface area contributed by atoms with Crippen LogP contribution in [0.15, 0.2) is 24.3 Å². The zero-order valence-electron chi connectivity index (χ0n) is 15.8. The Morgan fingerprint density at radius 2 is 2.04 bits per heavy atom. The van der Waals surface area contributed by atoms with Crippen LogP contribution in [0.4, 0.5) is 17.3 Å². The van der Waals surface area contributed by atoms with Crippen LogP contribution in [0.1, 0.15) is 9.67 Å². The number of nitrogens with zero attached hydrogens (tertiary/aromatic N) is 3. The smallest absolute Gasteiger partial charge is 0.263 e. The molecule has 1 aliphatic heterocycles. The quantitative estimate of drug-likeness (QED) is 0.618. The van der Waals surface area contributed by atoms with Crippen molar-refractivity contribution in [1.82, 2.24) is 15.3 Å². The van der Waals surface area contributed by atoms with Crippen molar-refractivity contribution in [1.29, 1.82) is 0 Å². The maximum absolute atomic E-state index is 12.2. The molecule has 3 heterocycles. The van der Waals surface area contributed by atoms with Crippen molar-refractivity contribution < 1.29 is 9.53 Å². The van der Waals surface area contributed by atoms with Gasteiger partial charge in [-0.2, -0.15) is 0 Å². The van der Waals surface area contributed by atoms with Crippen LogP contribution in [-0.2, 0) is 4.74 Å². The van der Waals surface area contributed by atoms with Crippen LogP contribution in [0.2, 0.25) is 0 Å². The largest absolute Gasteiger partial charge is 0.397 e. The van der Waals surface area contributed by atoms with Crippen LogP contribution in [0.3, 0.4) is 0 Å². The summed E-state index contributed by atoms with van der Waals surface area (Å²) in [6, 6.07) is 8.19. The number of benzene rings is 1. The number of hydrogen-bond donors (Lipinski definition) is 3. The Hall–Kier alpha value is -2.91. The summed E-state index contributed by atoms with van der Waals surface area (Å²) in [6.45, 7) is 3.15. The molecule has 0 atom stereocenters. The molecule has 3 aromatic rings. The summed E-state index contributed by atoms with van der Waals surface area (Å²) >= 11 is 1.27. The molecular formula is C19H22N6O2S. The highest BCUT2D eigenvalue weighted by Crippen LogP contribution is 2.39. The van der Waals surface area contributed by atoms with E-state index in [1.807, 2.05) is 12.1 Å². The third-order valence-corrected chi connectivity index (χ3v) is 5.84. The van der Waals surface area contributed by atoms with E-state index in [2.05, 4.69) is 37.6 Å². The maximum Gasteiger partial charge on any atom is 0.263 e. The highest BCUT2D eigenvalue weighted by molar-refractivity contribution is 7.21. The first-order valence-electron chi connectivity index (χ1n) is 9.05. The number of anilines is 3. The van der Waals surface area contributed by atoms with Gasteiger partial charge in [-0.1, -0.05) is 12.1 Å². The monoisotopic (exact) mass is 398 g/mol. The van der Waals surface area contributed by atoms with Crippen molar-refractivity contribution in [2.75, 3.05) is 56.3 Å². The van der Waals surface area contributed by atoms with Crippen LogP contribution in [0.25, 0.3) is 21.5 Å². The molecule has 0 unspecified atom stereocenters. The topological polar surface area (TPSA) is 105 Å². The summed E-state index contributed by atoms with van der Waals surface area (Å²) in [7, 11) is 3.36. The van der Waals surface area contributed by atoms with Gasteiger partial charge in [-0.25, -0.2) is 9.97 Å². The fourth-order valence-corrected chi connectivity index (χ4v) is 4.34. The summed E-state index contributed by atoms with van der Waals surface area (Å²) in [5.41, 5.74) is 9.52. The van der Waals surface area contributed by atoms with Gasteiger partial charge in [0.1, 0.15) is 9.71 Å². The zero-order chi connectivity index (χ0) is 19.7. The van der Waals surface area contributed by atoms with Crippen LogP contribution < -0.4 is 21.3 Å². The number of nitrogen functional groups attached to an aromatic ring is 1. The number of nitrogens with one attached hydrogen (secondary N) is 2. The summed E-state index contributed by atoms with van der Waals surface area (Å²) in [5, 5.41) is 6.34. The minimum atomic E-state index is -0.223. The number of carbonyl (C=O) groups is 1. The van der Waals surface area contributed by atoms with E-state index in [-0.39, 0.29) is 5.91 Å². The number of aromatic nitrogens is 2. The Morgan fingerprint density at radius 3 is 2.75 bits per heavy atom. The molecule has 0 aliphatic carbocycles. The third kappa shape index (κ3) is 3.23. The molecule has 4 rings (SSSR count). The van der Waals surface area contributed by atoms with Gasteiger partial charge in [0.15, 0.2) is 0 Å². The number of thiophene rings is 1. The highest BCUT2D eigenvalue weighted by atomic mass is 32.1. The number of rotatable bonds is 4. The molecule has 0 spiro atoms. The van der Waals surface area contributed by atoms with Crippen molar-refractivity contribution in [3.8, 4) is 11.3 Å². The van der Waals surface area contributed by atoms with Gasteiger partial charge in [-0.3, -0.25) is 4.79 Å². The van der Waals surface area contributed by atoms with E-state index < -0.39 is 0 Å². The molecule has 0 radical (unpaired) electrons. The first-order chi connectivity index (χ1) is 13.6. The molecule has 1 fully saturated rings. The van der Waals surface area contributed by atoms with Gasteiger partial charge in [0, 0.05) is 38.4 Å². The van der Waals surface area contributed by atoms with Gasteiger partial charge in [0.05, 0.1) is 30.0 Å². The van der Waals surface area contributed by atoms with E-state index in [0.717, 1.165) is 37.6 Å². The van der Waals surface area contributed by atoms with E-state index in [9.17, 15) is 4.79 Å².